The van der Waals surface area contributed by atoms with Crippen LogP contribution in [-0.2, 0) is 11.3 Å². The van der Waals surface area contributed by atoms with E-state index in [1.807, 2.05) is 50.4 Å². The van der Waals surface area contributed by atoms with Crippen LogP contribution in [0.2, 0.25) is 0 Å². The summed E-state index contributed by atoms with van der Waals surface area (Å²) in [5, 5.41) is 12.6. The molecule has 1 unspecified atom stereocenters. The van der Waals surface area contributed by atoms with E-state index >= 15 is 0 Å². The summed E-state index contributed by atoms with van der Waals surface area (Å²) in [5.74, 6) is 0.673. The van der Waals surface area contributed by atoms with Gasteiger partial charge in [0.25, 0.3) is 0 Å². The molecule has 0 N–H and O–H groups in total. The van der Waals surface area contributed by atoms with E-state index in [2.05, 4.69) is 52.7 Å². The normalized spacial score (nSPS) is 19.8. The number of nitrogens with zero attached hydrogens (tertiary/aromatic N) is 5. The van der Waals surface area contributed by atoms with Gasteiger partial charge in [0, 0.05) is 36.2 Å². The highest BCUT2D eigenvalue weighted by molar-refractivity contribution is 7.99. The fourth-order valence-electron chi connectivity index (χ4n) is 3.30. The molecule has 1 atom stereocenters. The maximum Gasteiger partial charge on any atom is 0.128 e. The zero-order valence-electron chi connectivity index (χ0n) is 19.4. The number of allylic oxidation sites excluding steroid dienone is 2. The van der Waals surface area contributed by atoms with Crippen LogP contribution in [0.15, 0.2) is 80.8 Å². The Kier molecular flexibility index (Phi) is 8.89. The van der Waals surface area contributed by atoms with E-state index in [-0.39, 0.29) is 5.25 Å². The van der Waals surface area contributed by atoms with Crippen molar-refractivity contribution >= 4 is 41.9 Å². The Morgan fingerprint density at radius 1 is 1.15 bits per heavy atom. The second kappa shape index (κ2) is 12.1. The summed E-state index contributed by atoms with van der Waals surface area (Å²) in [7, 11) is 0. The lowest BCUT2D eigenvalue weighted by molar-refractivity contribution is 0.232. The van der Waals surface area contributed by atoms with Crippen LogP contribution in [-0.4, -0.2) is 34.1 Å². The molecular weight excluding hydrogens is 430 g/mol. The Balaban J connectivity index is 1.91. The molecule has 1 aromatic carbocycles. The van der Waals surface area contributed by atoms with Crippen LogP contribution in [0.3, 0.4) is 0 Å². The number of aryl methyl sites for hydroxylation is 1. The van der Waals surface area contributed by atoms with Crippen molar-refractivity contribution in [2.75, 3.05) is 0 Å². The number of hydrogen-bond acceptors (Lipinski definition) is 7. The van der Waals surface area contributed by atoms with E-state index in [1.54, 1.807) is 6.08 Å². The van der Waals surface area contributed by atoms with E-state index in [9.17, 15) is 0 Å². The highest BCUT2D eigenvalue weighted by Gasteiger charge is 2.17. The second-order valence-electron chi connectivity index (χ2n) is 7.63. The van der Waals surface area contributed by atoms with Crippen LogP contribution in [0.1, 0.15) is 56.0 Å². The van der Waals surface area contributed by atoms with Gasteiger partial charge in [-0.1, -0.05) is 48.1 Å². The van der Waals surface area contributed by atoms with Crippen molar-refractivity contribution < 1.29 is 4.84 Å². The van der Waals surface area contributed by atoms with E-state index in [4.69, 9.17) is 9.24 Å². The van der Waals surface area contributed by atoms with Gasteiger partial charge in [-0.3, -0.25) is 4.98 Å². The molecule has 3 rings (SSSR count). The molecule has 0 bridgehead atoms. The fourth-order valence-corrected chi connectivity index (χ4v) is 4.04. The lowest BCUT2D eigenvalue weighted by Gasteiger charge is -2.16. The van der Waals surface area contributed by atoms with Gasteiger partial charge in [-0.15, -0.1) is 0 Å². The van der Waals surface area contributed by atoms with Crippen molar-refractivity contribution in [1.29, 1.82) is 0 Å². The maximum absolute atomic E-state index is 5.08. The molecule has 2 aromatic rings. The van der Waals surface area contributed by atoms with Gasteiger partial charge in [0.1, 0.15) is 5.76 Å². The average Bonchev–Trinajstić information content (AvgIpc) is 2.84. The van der Waals surface area contributed by atoms with Crippen molar-refractivity contribution in [2.45, 2.75) is 45.3 Å². The number of rotatable bonds is 8. The number of fused-ring (bicyclic) bond motifs is 1. The molecule has 1 aliphatic heterocycles. The minimum atomic E-state index is 0.0487. The minimum absolute atomic E-state index is 0.0487. The Hall–Kier alpha value is -3.32. The van der Waals surface area contributed by atoms with Crippen LogP contribution < -0.4 is 0 Å². The first kappa shape index (κ1) is 24.3. The van der Waals surface area contributed by atoms with E-state index in [1.165, 1.54) is 11.9 Å². The molecule has 0 radical (unpaired) electrons. The molecule has 1 aliphatic rings. The molecule has 0 fully saturated rings. The second-order valence-corrected chi connectivity index (χ2v) is 8.73. The van der Waals surface area contributed by atoms with Gasteiger partial charge in [-0.2, -0.15) is 10.2 Å². The van der Waals surface area contributed by atoms with Crippen molar-refractivity contribution in [2.24, 2.45) is 19.8 Å². The molecule has 0 saturated heterocycles. The zero-order chi connectivity index (χ0) is 23.6. The third kappa shape index (κ3) is 6.83. The molecule has 0 saturated carbocycles. The maximum atomic E-state index is 5.08. The SMILES string of the molecule is C=Cc1ccc(CCC2=NSC(C)/C(C/C=C(/C)ON=C)=N\N=C(/C)c3ccccc32)nc1. The summed E-state index contributed by atoms with van der Waals surface area (Å²) in [6.45, 7) is 13.1. The summed E-state index contributed by atoms with van der Waals surface area (Å²) in [5.41, 5.74) is 6.96. The predicted octanol–water partition coefficient (Wildman–Crippen LogP) is 6.29. The summed E-state index contributed by atoms with van der Waals surface area (Å²) < 4.78 is 4.98. The topological polar surface area (TPSA) is 71.6 Å². The van der Waals surface area contributed by atoms with Crippen LogP contribution in [0.5, 0.6) is 0 Å². The molecule has 7 heteroatoms. The van der Waals surface area contributed by atoms with Crippen molar-refractivity contribution in [1.82, 2.24) is 4.98 Å². The van der Waals surface area contributed by atoms with Gasteiger partial charge in [-0.05, 0) is 63.3 Å². The molecule has 0 amide bonds. The Morgan fingerprint density at radius 2 is 1.94 bits per heavy atom. The minimum Gasteiger partial charge on any atom is -0.363 e. The summed E-state index contributed by atoms with van der Waals surface area (Å²) in [6.07, 6.45) is 7.74. The van der Waals surface area contributed by atoms with Gasteiger partial charge in [-0.25, -0.2) is 4.40 Å². The Labute approximate surface area is 200 Å². The average molecular weight is 460 g/mol. The van der Waals surface area contributed by atoms with Gasteiger partial charge in [0.15, 0.2) is 0 Å². The Morgan fingerprint density at radius 3 is 2.64 bits per heavy atom. The largest absolute Gasteiger partial charge is 0.363 e. The number of hydrogen-bond donors (Lipinski definition) is 0. The molecule has 0 spiro atoms. The lowest BCUT2D eigenvalue weighted by Crippen LogP contribution is -2.16. The van der Waals surface area contributed by atoms with Gasteiger partial charge in [0.2, 0.25) is 0 Å². The van der Waals surface area contributed by atoms with Crippen LogP contribution in [0.25, 0.3) is 6.08 Å². The first-order chi connectivity index (χ1) is 16.0. The van der Waals surface area contributed by atoms with E-state index in [0.29, 0.717) is 12.2 Å². The Bertz CT molecular complexity index is 1120. The van der Waals surface area contributed by atoms with Crippen LogP contribution in [0, 0.1) is 0 Å². The van der Waals surface area contributed by atoms with E-state index in [0.717, 1.165) is 52.4 Å². The molecule has 1 aromatic heterocycles. The third-order valence-electron chi connectivity index (χ3n) is 5.25. The van der Waals surface area contributed by atoms with Gasteiger partial charge < -0.3 is 4.84 Å². The summed E-state index contributed by atoms with van der Waals surface area (Å²) in [6, 6.07) is 12.3. The van der Waals surface area contributed by atoms with Crippen molar-refractivity contribution in [3.63, 3.8) is 0 Å². The quantitative estimate of drug-likeness (QED) is 0.202. The number of benzene rings is 1. The zero-order valence-corrected chi connectivity index (χ0v) is 20.2. The highest BCUT2D eigenvalue weighted by Crippen LogP contribution is 2.24. The van der Waals surface area contributed by atoms with Crippen LogP contribution in [0.4, 0.5) is 0 Å². The van der Waals surface area contributed by atoms with Crippen molar-refractivity contribution in [3.05, 3.63) is 83.4 Å². The standard InChI is InChI=1S/C26H29N5OS/c1-6-21-12-13-22(28-17-21)14-16-26-24-10-8-7-9-23(24)19(3)29-30-25(20(4)33-31-26)15-11-18(2)32-27-5/h6-13,17,20H,1,5,14-16H2,2-4H3/b18-11-,29-19+,30-25-,31-26?. The summed E-state index contributed by atoms with van der Waals surface area (Å²) >= 11 is 1.51. The molecule has 2 heterocycles. The smallest absolute Gasteiger partial charge is 0.128 e. The summed E-state index contributed by atoms with van der Waals surface area (Å²) in [4.78, 5) is 9.64. The van der Waals surface area contributed by atoms with Crippen LogP contribution >= 0.6 is 11.9 Å². The monoisotopic (exact) mass is 459 g/mol. The highest BCUT2D eigenvalue weighted by atomic mass is 32.2. The predicted molar refractivity (Wildman–Crippen MR) is 141 cm³/mol. The number of oxime groups is 1. The first-order valence-electron chi connectivity index (χ1n) is 10.8. The van der Waals surface area contributed by atoms with Gasteiger partial charge in [0.05, 0.1) is 22.4 Å². The molecule has 33 heavy (non-hydrogen) atoms. The van der Waals surface area contributed by atoms with Crippen molar-refractivity contribution in [3.8, 4) is 0 Å². The lowest BCUT2D eigenvalue weighted by atomic mass is 9.96. The molecular formula is C26H29N5OS. The molecule has 170 valence electrons. The molecule has 0 aliphatic carbocycles. The van der Waals surface area contributed by atoms with E-state index < -0.39 is 0 Å². The third-order valence-corrected chi connectivity index (χ3v) is 6.17. The van der Waals surface area contributed by atoms with Gasteiger partial charge >= 0.3 is 0 Å². The number of aromatic nitrogens is 1. The molecule has 6 nitrogen and oxygen atoms in total. The fraction of sp³-hybridized carbons (Fsp3) is 0.269. The first-order valence-corrected chi connectivity index (χ1v) is 11.7. The number of pyridine rings is 1.